The lowest BCUT2D eigenvalue weighted by molar-refractivity contribution is 0.102. The number of ether oxygens (including phenoxy) is 2. The minimum atomic E-state index is -0.254. The van der Waals surface area contributed by atoms with Gasteiger partial charge in [0.1, 0.15) is 5.69 Å². The van der Waals surface area contributed by atoms with E-state index in [4.69, 9.17) is 9.47 Å². The molecule has 3 aromatic rings. The van der Waals surface area contributed by atoms with Gasteiger partial charge < -0.3 is 20.1 Å². The molecule has 0 aliphatic rings. The van der Waals surface area contributed by atoms with E-state index in [9.17, 15) is 4.79 Å². The Kier molecular flexibility index (Phi) is 6.02. The van der Waals surface area contributed by atoms with Crippen molar-refractivity contribution in [2.45, 2.75) is 20.8 Å². The minimum absolute atomic E-state index is 0.254. The number of anilines is 3. The summed E-state index contributed by atoms with van der Waals surface area (Å²) in [5.41, 5.74) is 5.92. The molecule has 29 heavy (non-hydrogen) atoms. The fourth-order valence-corrected chi connectivity index (χ4v) is 3.27. The molecule has 0 radical (unpaired) electrons. The van der Waals surface area contributed by atoms with Crippen LogP contribution in [0.2, 0.25) is 0 Å². The van der Waals surface area contributed by atoms with E-state index in [2.05, 4.69) is 15.6 Å². The Morgan fingerprint density at radius 3 is 2.17 bits per heavy atom. The molecule has 6 heteroatoms. The Labute approximate surface area is 170 Å². The van der Waals surface area contributed by atoms with E-state index in [-0.39, 0.29) is 5.91 Å². The SMILES string of the molecule is COc1ccc(Nc2ccnc(C(=O)Nc3c(C)cc(C)cc3C)c2)cc1OC. The molecule has 0 unspecified atom stereocenters. The highest BCUT2D eigenvalue weighted by atomic mass is 16.5. The maximum Gasteiger partial charge on any atom is 0.274 e. The van der Waals surface area contributed by atoms with E-state index in [0.29, 0.717) is 17.2 Å². The Morgan fingerprint density at radius 2 is 1.52 bits per heavy atom. The number of nitrogens with zero attached hydrogens (tertiary/aromatic N) is 1. The molecule has 150 valence electrons. The molecule has 0 aliphatic heterocycles. The van der Waals surface area contributed by atoms with Gasteiger partial charge in [0.25, 0.3) is 5.91 Å². The molecule has 0 aliphatic carbocycles. The fraction of sp³-hybridized carbons (Fsp3) is 0.217. The number of hydrogen-bond acceptors (Lipinski definition) is 5. The fourth-order valence-electron chi connectivity index (χ4n) is 3.27. The summed E-state index contributed by atoms with van der Waals surface area (Å²) in [6, 6.07) is 13.1. The molecule has 0 saturated carbocycles. The number of amides is 1. The van der Waals surface area contributed by atoms with Crippen LogP contribution in [-0.4, -0.2) is 25.1 Å². The van der Waals surface area contributed by atoms with Gasteiger partial charge in [-0.1, -0.05) is 17.7 Å². The number of aryl methyl sites for hydroxylation is 3. The molecule has 0 bridgehead atoms. The number of pyridine rings is 1. The first-order valence-electron chi connectivity index (χ1n) is 9.25. The first kappa shape index (κ1) is 20.2. The van der Waals surface area contributed by atoms with Gasteiger partial charge in [0.15, 0.2) is 11.5 Å². The van der Waals surface area contributed by atoms with Gasteiger partial charge in [-0.25, -0.2) is 0 Å². The summed E-state index contributed by atoms with van der Waals surface area (Å²) >= 11 is 0. The average Bonchev–Trinajstić information content (AvgIpc) is 2.70. The molecule has 3 rings (SSSR count). The number of carbonyl (C=O) groups excluding carboxylic acids is 1. The third kappa shape index (κ3) is 4.66. The third-order valence-corrected chi connectivity index (χ3v) is 4.58. The maximum atomic E-state index is 12.8. The highest BCUT2D eigenvalue weighted by Crippen LogP contribution is 2.31. The van der Waals surface area contributed by atoms with E-state index in [0.717, 1.165) is 33.8 Å². The summed E-state index contributed by atoms with van der Waals surface area (Å²) in [6.45, 7) is 6.01. The quantitative estimate of drug-likeness (QED) is 0.617. The second-order valence-corrected chi connectivity index (χ2v) is 6.85. The molecule has 0 saturated heterocycles. The first-order chi connectivity index (χ1) is 13.9. The van der Waals surface area contributed by atoms with E-state index >= 15 is 0 Å². The van der Waals surface area contributed by atoms with Crippen LogP contribution in [0.3, 0.4) is 0 Å². The molecular weight excluding hydrogens is 366 g/mol. The van der Waals surface area contributed by atoms with Crippen LogP contribution >= 0.6 is 0 Å². The highest BCUT2D eigenvalue weighted by molar-refractivity contribution is 6.04. The second-order valence-electron chi connectivity index (χ2n) is 6.85. The largest absolute Gasteiger partial charge is 0.493 e. The lowest BCUT2D eigenvalue weighted by Crippen LogP contribution is -2.15. The van der Waals surface area contributed by atoms with Crippen LogP contribution in [0.4, 0.5) is 17.1 Å². The van der Waals surface area contributed by atoms with Gasteiger partial charge in [0.2, 0.25) is 0 Å². The number of rotatable bonds is 6. The average molecular weight is 391 g/mol. The van der Waals surface area contributed by atoms with E-state index in [1.54, 1.807) is 32.5 Å². The maximum absolute atomic E-state index is 12.8. The lowest BCUT2D eigenvalue weighted by atomic mass is 10.0. The van der Waals surface area contributed by atoms with E-state index in [1.165, 1.54) is 0 Å². The topological polar surface area (TPSA) is 72.5 Å². The van der Waals surface area contributed by atoms with Crippen molar-refractivity contribution in [1.29, 1.82) is 0 Å². The molecule has 1 aromatic heterocycles. The number of benzene rings is 2. The Bertz CT molecular complexity index is 1020. The standard InChI is InChI=1S/C23H25N3O3/c1-14-10-15(2)22(16(3)11-14)26-23(27)19-12-18(8-9-24-19)25-17-6-7-20(28-4)21(13-17)29-5/h6-13H,1-5H3,(H,24,25)(H,26,27). The summed E-state index contributed by atoms with van der Waals surface area (Å²) in [5, 5.41) is 6.24. The van der Waals surface area contributed by atoms with E-state index < -0.39 is 0 Å². The van der Waals surface area contributed by atoms with Gasteiger partial charge >= 0.3 is 0 Å². The van der Waals surface area contributed by atoms with Crippen molar-refractivity contribution in [3.05, 3.63) is 71.0 Å². The van der Waals surface area contributed by atoms with Gasteiger partial charge in [-0.05, 0) is 56.2 Å². The zero-order chi connectivity index (χ0) is 21.0. The Hall–Kier alpha value is -3.54. The predicted molar refractivity (Wildman–Crippen MR) is 116 cm³/mol. The zero-order valence-electron chi connectivity index (χ0n) is 17.3. The summed E-state index contributed by atoms with van der Waals surface area (Å²) < 4.78 is 10.6. The number of methoxy groups -OCH3 is 2. The van der Waals surface area contributed by atoms with Crippen molar-refractivity contribution in [2.75, 3.05) is 24.9 Å². The molecule has 1 heterocycles. The smallest absolute Gasteiger partial charge is 0.274 e. The van der Waals surface area contributed by atoms with Gasteiger partial charge in [0, 0.05) is 29.3 Å². The van der Waals surface area contributed by atoms with Crippen LogP contribution in [-0.2, 0) is 0 Å². The minimum Gasteiger partial charge on any atom is -0.493 e. The lowest BCUT2D eigenvalue weighted by Gasteiger charge is -2.14. The first-order valence-corrected chi connectivity index (χ1v) is 9.25. The zero-order valence-corrected chi connectivity index (χ0v) is 17.3. The van der Waals surface area contributed by atoms with Gasteiger partial charge in [-0.3, -0.25) is 9.78 Å². The van der Waals surface area contributed by atoms with Crippen molar-refractivity contribution in [3.8, 4) is 11.5 Å². The van der Waals surface area contributed by atoms with Crippen LogP contribution in [0.15, 0.2) is 48.7 Å². The van der Waals surface area contributed by atoms with Crippen LogP contribution in [0, 0.1) is 20.8 Å². The molecule has 0 spiro atoms. The molecule has 6 nitrogen and oxygen atoms in total. The number of carbonyl (C=O) groups is 1. The predicted octanol–water partition coefficient (Wildman–Crippen LogP) is 5.02. The monoisotopic (exact) mass is 391 g/mol. The Morgan fingerprint density at radius 1 is 0.862 bits per heavy atom. The summed E-state index contributed by atoms with van der Waals surface area (Å²) in [6.07, 6.45) is 1.60. The van der Waals surface area contributed by atoms with Crippen molar-refractivity contribution in [3.63, 3.8) is 0 Å². The van der Waals surface area contributed by atoms with Crippen molar-refractivity contribution >= 4 is 23.0 Å². The highest BCUT2D eigenvalue weighted by Gasteiger charge is 2.13. The van der Waals surface area contributed by atoms with Crippen LogP contribution < -0.4 is 20.1 Å². The summed E-state index contributed by atoms with van der Waals surface area (Å²) in [5.74, 6) is 1.02. The van der Waals surface area contributed by atoms with Crippen molar-refractivity contribution in [1.82, 2.24) is 4.98 Å². The van der Waals surface area contributed by atoms with Crippen molar-refractivity contribution in [2.24, 2.45) is 0 Å². The van der Waals surface area contributed by atoms with Gasteiger partial charge in [-0.15, -0.1) is 0 Å². The molecule has 0 atom stereocenters. The van der Waals surface area contributed by atoms with Crippen LogP contribution in [0.1, 0.15) is 27.2 Å². The normalized spacial score (nSPS) is 10.4. The van der Waals surface area contributed by atoms with Crippen molar-refractivity contribution < 1.29 is 14.3 Å². The molecule has 2 N–H and O–H groups in total. The summed E-state index contributed by atoms with van der Waals surface area (Å²) in [4.78, 5) is 17.0. The number of hydrogen-bond donors (Lipinski definition) is 2. The molecule has 0 fully saturated rings. The Balaban J connectivity index is 1.80. The second kappa shape index (κ2) is 8.65. The van der Waals surface area contributed by atoms with Crippen LogP contribution in [0.5, 0.6) is 11.5 Å². The molecule has 1 amide bonds. The number of nitrogens with one attached hydrogen (secondary N) is 2. The van der Waals surface area contributed by atoms with Crippen LogP contribution in [0.25, 0.3) is 0 Å². The van der Waals surface area contributed by atoms with E-state index in [1.807, 2.05) is 51.1 Å². The summed E-state index contributed by atoms with van der Waals surface area (Å²) in [7, 11) is 3.18. The molecule has 2 aromatic carbocycles. The third-order valence-electron chi connectivity index (χ3n) is 4.58. The molecular formula is C23H25N3O3. The number of aromatic nitrogens is 1. The van der Waals surface area contributed by atoms with Gasteiger partial charge in [-0.2, -0.15) is 0 Å². The van der Waals surface area contributed by atoms with Gasteiger partial charge in [0.05, 0.1) is 14.2 Å².